The molecule has 0 atom stereocenters. The lowest BCUT2D eigenvalue weighted by Gasteiger charge is -2.09. The topological polar surface area (TPSA) is 70.1 Å². The van der Waals surface area contributed by atoms with E-state index in [2.05, 4.69) is 24.0 Å². The second kappa shape index (κ2) is 6.43. The van der Waals surface area contributed by atoms with Crippen LogP contribution < -0.4 is 5.73 Å². The maximum absolute atomic E-state index is 11.8. The molecule has 0 unspecified atom stereocenters. The van der Waals surface area contributed by atoms with Crippen molar-refractivity contribution < 1.29 is 9.53 Å². The van der Waals surface area contributed by atoms with Crippen molar-refractivity contribution in [3.63, 3.8) is 0 Å². The Kier molecular flexibility index (Phi) is 4.62. The van der Waals surface area contributed by atoms with Gasteiger partial charge >= 0.3 is 5.97 Å². The number of nitrogen functional groups attached to an aromatic ring is 1. The van der Waals surface area contributed by atoms with E-state index < -0.39 is 5.97 Å². The molecular formula is C16H21N3O2. The Labute approximate surface area is 124 Å². The van der Waals surface area contributed by atoms with E-state index >= 15 is 0 Å². The summed E-state index contributed by atoms with van der Waals surface area (Å²) in [7, 11) is 0. The summed E-state index contributed by atoms with van der Waals surface area (Å²) in [5, 5.41) is 0. The van der Waals surface area contributed by atoms with Crippen molar-refractivity contribution in [3.8, 4) is 0 Å². The molecule has 2 aromatic rings. The highest BCUT2D eigenvalue weighted by molar-refractivity contribution is 5.92. The number of nitrogens with zero attached hydrogens (tertiary/aromatic N) is 2. The molecule has 0 aliphatic carbocycles. The third kappa shape index (κ3) is 3.24. The molecule has 0 radical (unpaired) electrons. The van der Waals surface area contributed by atoms with Crippen LogP contribution in [0.3, 0.4) is 0 Å². The Morgan fingerprint density at radius 2 is 2.05 bits per heavy atom. The van der Waals surface area contributed by atoms with Crippen LogP contribution in [-0.4, -0.2) is 22.1 Å². The molecule has 0 fully saturated rings. The SMILES string of the molecule is CCOC(=O)c1nc(C)n(CCc2ccccc2C)c1N. The van der Waals surface area contributed by atoms with E-state index in [1.165, 1.54) is 11.1 Å². The number of ether oxygens (including phenoxy) is 1. The van der Waals surface area contributed by atoms with Crippen LogP contribution in [0.15, 0.2) is 24.3 Å². The van der Waals surface area contributed by atoms with Crippen molar-refractivity contribution in [2.24, 2.45) is 0 Å². The number of nitrogens with two attached hydrogens (primary N) is 1. The highest BCUT2D eigenvalue weighted by atomic mass is 16.5. The molecule has 21 heavy (non-hydrogen) atoms. The van der Waals surface area contributed by atoms with Crippen LogP contribution in [0.5, 0.6) is 0 Å². The number of hydrogen-bond donors (Lipinski definition) is 1. The van der Waals surface area contributed by atoms with E-state index in [1.54, 1.807) is 6.92 Å². The van der Waals surface area contributed by atoms with E-state index in [0.29, 0.717) is 19.0 Å². The fourth-order valence-corrected chi connectivity index (χ4v) is 2.34. The fraction of sp³-hybridized carbons (Fsp3) is 0.375. The smallest absolute Gasteiger partial charge is 0.360 e. The standard InChI is InChI=1S/C16H21N3O2/c1-4-21-16(20)14-15(17)19(12(3)18-14)10-9-13-8-6-5-7-11(13)2/h5-8H,4,9-10,17H2,1-3H3. The Bertz CT molecular complexity index is 647. The lowest BCUT2D eigenvalue weighted by molar-refractivity contribution is 0.0521. The van der Waals surface area contributed by atoms with Crippen molar-refractivity contribution in [3.05, 3.63) is 46.9 Å². The number of esters is 1. The van der Waals surface area contributed by atoms with Crippen LogP contribution >= 0.6 is 0 Å². The fourth-order valence-electron chi connectivity index (χ4n) is 2.34. The number of rotatable bonds is 5. The third-order valence-corrected chi connectivity index (χ3v) is 3.53. The molecule has 0 aliphatic heterocycles. The van der Waals surface area contributed by atoms with Crippen LogP contribution in [0, 0.1) is 13.8 Å². The van der Waals surface area contributed by atoms with Crippen LogP contribution in [0.1, 0.15) is 34.4 Å². The van der Waals surface area contributed by atoms with Crippen LogP contribution in [0.2, 0.25) is 0 Å². The largest absolute Gasteiger partial charge is 0.461 e. The summed E-state index contributed by atoms with van der Waals surface area (Å²) in [6.45, 7) is 6.69. The molecular weight excluding hydrogens is 266 g/mol. The second-order valence-corrected chi connectivity index (χ2v) is 4.94. The average molecular weight is 287 g/mol. The number of aryl methyl sites for hydroxylation is 3. The zero-order valence-corrected chi connectivity index (χ0v) is 12.7. The Morgan fingerprint density at radius 3 is 2.71 bits per heavy atom. The highest BCUT2D eigenvalue weighted by Crippen LogP contribution is 2.17. The Hall–Kier alpha value is -2.30. The first kappa shape index (κ1) is 15.1. The molecule has 0 aliphatic rings. The zero-order chi connectivity index (χ0) is 15.4. The average Bonchev–Trinajstić information content (AvgIpc) is 2.74. The van der Waals surface area contributed by atoms with Gasteiger partial charge in [-0.2, -0.15) is 0 Å². The molecule has 0 saturated carbocycles. The first-order valence-electron chi connectivity index (χ1n) is 7.08. The van der Waals surface area contributed by atoms with Gasteiger partial charge in [0, 0.05) is 6.54 Å². The molecule has 0 saturated heterocycles. The normalized spacial score (nSPS) is 10.6. The molecule has 5 heteroatoms. The number of anilines is 1. The molecule has 1 heterocycles. The van der Waals surface area contributed by atoms with Gasteiger partial charge in [-0.25, -0.2) is 9.78 Å². The summed E-state index contributed by atoms with van der Waals surface area (Å²) >= 11 is 0. The van der Waals surface area contributed by atoms with Crippen molar-refractivity contribution in [1.82, 2.24) is 9.55 Å². The van der Waals surface area contributed by atoms with Gasteiger partial charge in [0.1, 0.15) is 11.6 Å². The summed E-state index contributed by atoms with van der Waals surface area (Å²) in [5.74, 6) is 0.636. The lowest BCUT2D eigenvalue weighted by atomic mass is 10.1. The van der Waals surface area contributed by atoms with E-state index in [0.717, 1.165) is 12.2 Å². The molecule has 112 valence electrons. The maximum atomic E-state index is 11.8. The predicted octanol–water partition coefficient (Wildman–Crippen LogP) is 2.50. The summed E-state index contributed by atoms with van der Waals surface area (Å²) in [5.41, 5.74) is 8.76. The van der Waals surface area contributed by atoms with Crippen LogP contribution in [0.4, 0.5) is 5.82 Å². The summed E-state index contributed by atoms with van der Waals surface area (Å²) in [6, 6.07) is 8.23. The monoisotopic (exact) mass is 287 g/mol. The van der Waals surface area contributed by atoms with Crippen LogP contribution in [0.25, 0.3) is 0 Å². The van der Waals surface area contributed by atoms with Gasteiger partial charge in [-0.05, 0) is 38.3 Å². The zero-order valence-electron chi connectivity index (χ0n) is 12.7. The number of hydrogen-bond acceptors (Lipinski definition) is 4. The van der Waals surface area contributed by atoms with Crippen molar-refractivity contribution in [1.29, 1.82) is 0 Å². The summed E-state index contributed by atoms with van der Waals surface area (Å²) < 4.78 is 6.82. The van der Waals surface area contributed by atoms with E-state index in [-0.39, 0.29) is 5.69 Å². The van der Waals surface area contributed by atoms with Gasteiger partial charge in [0.05, 0.1) is 6.61 Å². The van der Waals surface area contributed by atoms with Gasteiger partial charge in [0.15, 0.2) is 5.69 Å². The quantitative estimate of drug-likeness (QED) is 0.858. The van der Waals surface area contributed by atoms with Crippen molar-refractivity contribution >= 4 is 11.8 Å². The van der Waals surface area contributed by atoms with Gasteiger partial charge in [-0.1, -0.05) is 24.3 Å². The minimum atomic E-state index is -0.465. The molecule has 0 amide bonds. The minimum Gasteiger partial charge on any atom is -0.461 e. The van der Waals surface area contributed by atoms with Crippen molar-refractivity contribution in [2.45, 2.75) is 33.7 Å². The van der Waals surface area contributed by atoms with Gasteiger partial charge in [0.2, 0.25) is 0 Å². The van der Waals surface area contributed by atoms with E-state index in [4.69, 9.17) is 10.5 Å². The Morgan fingerprint density at radius 1 is 1.33 bits per heavy atom. The van der Waals surface area contributed by atoms with E-state index in [9.17, 15) is 4.79 Å². The number of carbonyl (C=O) groups is 1. The third-order valence-electron chi connectivity index (χ3n) is 3.53. The summed E-state index contributed by atoms with van der Waals surface area (Å²) in [6.07, 6.45) is 0.844. The summed E-state index contributed by atoms with van der Waals surface area (Å²) in [4.78, 5) is 16.0. The highest BCUT2D eigenvalue weighted by Gasteiger charge is 2.19. The van der Waals surface area contributed by atoms with Crippen molar-refractivity contribution in [2.75, 3.05) is 12.3 Å². The molecule has 5 nitrogen and oxygen atoms in total. The van der Waals surface area contributed by atoms with Crippen LogP contribution in [-0.2, 0) is 17.7 Å². The molecule has 0 spiro atoms. The molecule has 1 aromatic heterocycles. The first-order valence-corrected chi connectivity index (χ1v) is 7.08. The van der Waals surface area contributed by atoms with E-state index in [1.807, 2.05) is 23.6 Å². The van der Waals surface area contributed by atoms with Gasteiger partial charge in [-0.3, -0.25) is 0 Å². The molecule has 2 N–H and O–H groups in total. The van der Waals surface area contributed by atoms with Gasteiger partial charge < -0.3 is 15.0 Å². The second-order valence-electron chi connectivity index (χ2n) is 4.94. The van der Waals surface area contributed by atoms with Gasteiger partial charge in [0.25, 0.3) is 0 Å². The Balaban J connectivity index is 2.18. The number of imidazole rings is 1. The number of benzene rings is 1. The maximum Gasteiger partial charge on any atom is 0.360 e. The molecule has 0 bridgehead atoms. The number of carbonyl (C=O) groups excluding carboxylic acids is 1. The lowest BCUT2D eigenvalue weighted by Crippen LogP contribution is -2.11. The molecule has 2 rings (SSSR count). The number of aromatic nitrogens is 2. The van der Waals surface area contributed by atoms with Gasteiger partial charge in [-0.15, -0.1) is 0 Å². The first-order chi connectivity index (χ1) is 10.0. The molecule has 1 aromatic carbocycles. The minimum absolute atomic E-state index is 0.208. The predicted molar refractivity (Wildman–Crippen MR) is 82.2 cm³/mol.